The van der Waals surface area contributed by atoms with E-state index in [9.17, 15) is 14.0 Å². The molecule has 0 radical (unpaired) electrons. The standard InChI is InChI=1S/C18H15FN2O3/c1-24-14-7-4-5-12(9-14)10-16-17(22)21(18(23)20-16)11-13-6-2-3-8-15(13)19/h2-10H,11H2,1H3,(H,20,23)/b16-10-. The van der Waals surface area contributed by atoms with Crippen molar-refractivity contribution in [2.45, 2.75) is 6.54 Å². The molecule has 0 spiro atoms. The maximum absolute atomic E-state index is 13.7. The number of amides is 3. The molecule has 122 valence electrons. The van der Waals surface area contributed by atoms with Crippen LogP contribution in [0.25, 0.3) is 6.08 Å². The van der Waals surface area contributed by atoms with Crippen LogP contribution in [0, 0.1) is 5.82 Å². The quantitative estimate of drug-likeness (QED) is 0.694. The molecule has 2 aromatic carbocycles. The van der Waals surface area contributed by atoms with Gasteiger partial charge in [-0.25, -0.2) is 9.18 Å². The van der Waals surface area contributed by atoms with Crippen LogP contribution in [-0.4, -0.2) is 23.9 Å². The lowest BCUT2D eigenvalue weighted by Gasteiger charge is -2.12. The Morgan fingerprint density at radius 3 is 2.71 bits per heavy atom. The van der Waals surface area contributed by atoms with Gasteiger partial charge in [-0.2, -0.15) is 0 Å². The van der Waals surface area contributed by atoms with Crippen molar-refractivity contribution in [3.63, 3.8) is 0 Å². The Balaban J connectivity index is 1.83. The normalized spacial score (nSPS) is 15.8. The van der Waals surface area contributed by atoms with Crippen LogP contribution in [-0.2, 0) is 11.3 Å². The van der Waals surface area contributed by atoms with Gasteiger partial charge < -0.3 is 10.1 Å². The molecule has 1 saturated heterocycles. The first-order chi connectivity index (χ1) is 11.6. The van der Waals surface area contributed by atoms with Crippen LogP contribution in [0.15, 0.2) is 54.2 Å². The molecular formula is C18H15FN2O3. The number of halogens is 1. The largest absolute Gasteiger partial charge is 0.497 e. The van der Waals surface area contributed by atoms with E-state index in [1.165, 1.54) is 6.07 Å². The third kappa shape index (κ3) is 3.12. The number of nitrogens with zero attached hydrogens (tertiary/aromatic N) is 1. The SMILES string of the molecule is COc1cccc(/C=C2\NC(=O)N(Cc3ccccc3F)C2=O)c1. The van der Waals surface area contributed by atoms with Gasteiger partial charge in [0, 0.05) is 5.56 Å². The summed E-state index contributed by atoms with van der Waals surface area (Å²) in [5.41, 5.74) is 1.14. The summed E-state index contributed by atoms with van der Waals surface area (Å²) < 4.78 is 18.9. The van der Waals surface area contributed by atoms with Gasteiger partial charge in [-0.3, -0.25) is 9.69 Å². The van der Waals surface area contributed by atoms with Crippen molar-refractivity contribution in [3.8, 4) is 5.75 Å². The summed E-state index contributed by atoms with van der Waals surface area (Å²) in [5, 5.41) is 2.51. The van der Waals surface area contributed by atoms with Gasteiger partial charge in [-0.1, -0.05) is 30.3 Å². The number of benzene rings is 2. The number of hydrogen-bond donors (Lipinski definition) is 1. The smallest absolute Gasteiger partial charge is 0.329 e. The number of hydrogen-bond acceptors (Lipinski definition) is 3. The number of ether oxygens (including phenoxy) is 1. The van der Waals surface area contributed by atoms with Crippen LogP contribution in [0.4, 0.5) is 9.18 Å². The topological polar surface area (TPSA) is 58.6 Å². The second-order valence-corrected chi connectivity index (χ2v) is 5.25. The zero-order valence-corrected chi connectivity index (χ0v) is 13.0. The molecule has 3 amide bonds. The van der Waals surface area contributed by atoms with Gasteiger partial charge in [-0.15, -0.1) is 0 Å². The highest BCUT2D eigenvalue weighted by Crippen LogP contribution is 2.20. The first-order valence-electron chi connectivity index (χ1n) is 7.30. The van der Waals surface area contributed by atoms with Crippen LogP contribution in [0.3, 0.4) is 0 Å². The van der Waals surface area contributed by atoms with E-state index in [4.69, 9.17) is 4.74 Å². The van der Waals surface area contributed by atoms with Crippen molar-refractivity contribution in [3.05, 3.63) is 71.2 Å². The second-order valence-electron chi connectivity index (χ2n) is 5.25. The Morgan fingerprint density at radius 2 is 1.96 bits per heavy atom. The van der Waals surface area contributed by atoms with Crippen molar-refractivity contribution in [2.24, 2.45) is 0 Å². The molecular weight excluding hydrogens is 311 g/mol. The summed E-state index contributed by atoms with van der Waals surface area (Å²) in [6.07, 6.45) is 1.56. The number of carbonyl (C=O) groups excluding carboxylic acids is 2. The molecule has 5 nitrogen and oxygen atoms in total. The zero-order valence-electron chi connectivity index (χ0n) is 13.0. The van der Waals surface area contributed by atoms with Crippen LogP contribution < -0.4 is 10.1 Å². The molecule has 0 aliphatic carbocycles. The average molecular weight is 326 g/mol. The van der Waals surface area contributed by atoms with Crippen molar-refractivity contribution in [1.29, 1.82) is 0 Å². The van der Waals surface area contributed by atoms with Gasteiger partial charge in [-0.05, 0) is 29.8 Å². The highest BCUT2D eigenvalue weighted by atomic mass is 19.1. The summed E-state index contributed by atoms with van der Waals surface area (Å²) in [7, 11) is 1.55. The molecule has 1 N–H and O–H groups in total. The van der Waals surface area contributed by atoms with E-state index in [1.54, 1.807) is 55.7 Å². The third-order valence-electron chi connectivity index (χ3n) is 3.65. The molecule has 24 heavy (non-hydrogen) atoms. The second kappa shape index (κ2) is 6.54. The molecule has 1 aliphatic heterocycles. The van der Waals surface area contributed by atoms with Gasteiger partial charge in [0.25, 0.3) is 5.91 Å². The zero-order chi connectivity index (χ0) is 17.1. The van der Waals surface area contributed by atoms with E-state index in [2.05, 4.69) is 5.32 Å². The maximum atomic E-state index is 13.7. The molecule has 0 aromatic heterocycles. The molecule has 6 heteroatoms. The maximum Gasteiger partial charge on any atom is 0.329 e. The fraction of sp³-hybridized carbons (Fsp3) is 0.111. The van der Waals surface area contributed by atoms with Crippen molar-refractivity contribution in [1.82, 2.24) is 10.2 Å². The molecule has 0 atom stereocenters. The van der Waals surface area contributed by atoms with Crippen molar-refractivity contribution in [2.75, 3.05) is 7.11 Å². The predicted octanol–water partition coefficient (Wildman–Crippen LogP) is 2.93. The van der Waals surface area contributed by atoms with Gasteiger partial charge in [0.05, 0.1) is 13.7 Å². The minimum atomic E-state index is -0.572. The Labute approximate surface area is 138 Å². The lowest BCUT2D eigenvalue weighted by atomic mass is 10.1. The minimum absolute atomic E-state index is 0.118. The minimum Gasteiger partial charge on any atom is -0.497 e. The molecule has 1 heterocycles. The van der Waals surface area contributed by atoms with Gasteiger partial charge in [0.15, 0.2) is 0 Å². The van der Waals surface area contributed by atoms with Crippen LogP contribution in [0.2, 0.25) is 0 Å². The molecule has 1 aliphatic rings. The molecule has 0 saturated carbocycles. The van der Waals surface area contributed by atoms with E-state index in [-0.39, 0.29) is 17.8 Å². The van der Waals surface area contributed by atoms with Crippen LogP contribution >= 0.6 is 0 Å². The Kier molecular flexibility index (Phi) is 4.29. The van der Waals surface area contributed by atoms with E-state index in [1.807, 2.05) is 0 Å². The first-order valence-corrected chi connectivity index (χ1v) is 7.30. The van der Waals surface area contributed by atoms with Gasteiger partial charge in [0.1, 0.15) is 17.3 Å². The predicted molar refractivity (Wildman–Crippen MR) is 86.5 cm³/mol. The van der Waals surface area contributed by atoms with E-state index in [0.717, 1.165) is 4.90 Å². The fourth-order valence-electron chi connectivity index (χ4n) is 2.41. The van der Waals surface area contributed by atoms with Gasteiger partial charge in [0.2, 0.25) is 0 Å². The summed E-state index contributed by atoms with van der Waals surface area (Å²) in [5.74, 6) is -0.307. The first kappa shape index (κ1) is 15.7. The lowest BCUT2D eigenvalue weighted by molar-refractivity contribution is -0.123. The number of rotatable bonds is 4. The summed E-state index contributed by atoms with van der Waals surface area (Å²) in [6.45, 7) is -0.118. The number of methoxy groups -OCH3 is 1. The molecule has 0 bridgehead atoms. The average Bonchev–Trinajstić information content (AvgIpc) is 2.84. The van der Waals surface area contributed by atoms with Crippen LogP contribution in [0.5, 0.6) is 5.75 Å². The van der Waals surface area contributed by atoms with Gasteiger partial charge >= 0.3 is 6.03 Å². The Hall–Kier alpha value is -3.15. The summed E-state index contributed by atoms with van der Waals surface area (Å²) in [6, 6.07) is 12.6. The number of carbonyl (C=O) groups is 2. The highest BCUT2D eigenvalue weighted by Gasteiger charge is 2.33. The lowest BCUT2D eigenvalue weighted by Crippen LogP contribution is -2.30. The monoisotopic (exact) mass is 326 g/mol. The molecule has 2 aromatic rings. The van der Waals surface area contributed by atoms with Crippen molar-refractivity contribution >= 4 is 18.0 Å². The fourth-order valence-corrected chi connectivity index (χ4v) is 2.41. The summed E-state index contributed by atoms with van der Waals surface area (Å²) in [4.78, 5) is 25.4. The number of nitrogens with one attached hydrogen (secondary N) is 1. The molecule has 1 fully saturated rings. The number of urea groups is 1. The third-order valence-corrected chi connectivity index (χ3v) is 3.65. The van der Waals surface area contributed by atoms with Crippen LogP contribution in [0.1, 0.15) is 11.1 Å². The Bertz CT molecular complexity index is 833. The van der Waals surface area contributed by atoms with E-state index < -0.39 is 17.8 Å². The van der Waals surface area contributed by atoms with E-state index in [0.29, 0.717) is 11.3 Å². The molecule has 3 rings (SSSR count). The molecule has 0 unspecified atom stereocenters. The van der Waals surface area contributed by atoms with Crippen molar-refractivity contribution < 1.29 is 18.7 Å². The van der Waals surface area contributed by atoms with E-state index >= 15 is 0 Å². The summed E-state index contributed by atoms with van der Waals surface area (Å²) >= 11 is 0. The highest BCUT2D eigenvalue weighted by molar-refractivity contribution is 6.13. The number of imide groups is 1. The Morgan fingerprint density at radius 1 is 1.17 bits per heavy atom.